The van der Waals surface area contributed by atoms with Crippen LogP contribution < -0.4 is 5.32 Å². The highest BCUT2D eigenvalue weighted by Crippen LogP contribution is 2.31. The van der Waals surface area contributed by atoms with E-state index in [1.165, 1.54) is 0 Å². The molecule has 1 atom stereocenters. The van der Waals surface area contributed by atoms with Crippen LogP contribution in [0.5, 0.6) is 0 Å². The molecule has 1 aliphatic heterocycles. The van der Waals surface area contributed by atoms with Crippen LogP contribution in [0, 0.1) is 20.8 Å². The van der Waals surface area contributed by atoms with Crippen molar-refractivity contribution in [2.24, 2.45) is 0 Å². The molecule has 150 valence electrons. The van der Waals surface area contributed by atoms with Gasteiger partial charge in [0.25, 0.3) is 0 Å². The van der Waals surface area contributed by atoms with Gasteiger partial charge in [-0.25, -0.2) is 9.97 Å². The van der Waals surface area contributed by atoms with Crippen molar-refractivity contribution in [3.63, 3.8) is 0 Å². The molecule has 0 aliphatic carbocycles. The number of aryl methyl sites for hydroxylation is 3. The molecule has 2 aromatic rings. The van der Waals surface area contributed by atoms with E-state index in [1.807, 2.05) is 26.8 Å². The van der Waals surface area contributed by atoms with Crippen LogP contribution in [-0.4, -0.2) is 47.1 Å². The molecule has 1 aromatic carbocycles. The normalized spacial score (nSPS) is 16.0. The molecule has 1 aromatic heterocycles. The van der Waals surface area contributed by atoms with Gasteiger partial charge in [0.15, 0.2) is 0 Å². The number of nitrogens with zero attached hydrogens (tertiary/aromatic N) is 3. The Kier molecular flexibility index (Phi) is 6.88. The molecule has 0 saturated carbocycles. The Hall–Kier alpha value is -1.73. The molecule has 0 spiro atoms. The second-order valence-corrected chi connectivity index (χ2v) is 7.70. The van der Waals surface area contributed by atoms with Gasteiger partial charge in [-0.1, -0.05) is 29.3 Å². The molecule has 1 amide bonds. The number of halogens is 2. The summed E-state index contributed by atoms with van der Waals surface area (Å²) in [5.41, 5.74) is 3.41. The molecule has 1 aliphatic rings. The third-order valence-corrected chi connectivity index (χ3v) is 5.45. The van der Waals surface area contributed by atoms with Crippen molar-refractivity contribution in [1.82, 2.24) is 20.2 Å². The minimum absolute atomic E-state index is 0.120. The predicted octanol–water partition coefficient (Wildman–Crippen LogP) is 3.40. The van der Waals surface area contributed by atoms with Gasteiger partial charge in [0.1, 0.15) is 11.9 Å². The van der Waals surface area contributed by atoms with E-state index in [0.29, 0.717) is 42.9 Å². The number of carbonyl (C=O) groups excluding carboxylic acids is 1. The van der Waals surface area contributed by atoms with Crippen LogP contribution in [0.4, 0.5) is 0 Å². The van der Waals surface area contributed by atoms with E-state index in [9.17, 15) is 4.79 Å². The van der Waals surface area contributed by atoms with E-state index in [1.54, 1.807) is 12.1 Å². The fraction of sp³-hybridized carbons (Fsp3) is 0.450. The quantitative estimate of drug-likeness (QED) is 0.799. The lowest BCUT2D eigenvalue weighted by Gasteiger charge is -2.34. The number of hydrogen-bond acceptors (Lipinski definition) is 5. The van der Waals surface area contributed by atoms with Crippen LogP contribution >= 0.6 is 23.2 Å². The highest BCUT2D eigenvalue weighted by atomic mass is 35.5. The molecule has 28 heavy (non-hydrogen) atoms. The molecule has 2 heterocycles. The van der Waals surface area contributed by atoms with Crippen LogP contribution in [0.2, 0.25) is 10.0 Å². The van der Waals surface area contributed by atoms with Gasteiger partial charge >= 0.3 is 0 Å². The van der Waals surface area contributed by atoms with Gasteiger partial charge in [-0.2, -0.15) is 0 Å². The number of rotatable bonds is 5. The van der Waals surface area contributed by atoms with Crippen molar-refractivity contribution in [1.29, 1.82) is 0 Å². The molecule has 6 nitrogen and oxygen atoms in total. The Morgan fingerprint density at radius 2 is 1.82 bits per heavy atom. The molecular formula is C20H24Cl2N4O2. The first-order chi connectivity index (χ1) is 13.4. The van der Waals surface area contributed by atoms with Crippen molar-refractivity contribution < 1.29 is 9.53 Å². The first kappa shape index (κ1) is 21.0. The van der Waals surface area contributed by atoms with Crippen LogP contribution in [0.25, 0.3) is 0 Å². The summed E-state index contributed by atoms with van der Waals surface area (Å²) in [5.74, 6) is 0.606. The highest BCUT2D eigenvalue weighted by molar-refractivity contribution is 6.35. The van der Waals surface area contributed by atoms with Crippen molar-refractivity contribution in [3.8, 4) is 0 Å². The van der Waals surface area contributed by atoms with E-state index in [0.717, 1.165) is 28.3 Å². The van der Waals surface area contributed by atoms with Crippen LogP contribution in [0.3, 0.4) is 0 Å². The molecule has 8 heteroatoms. The summed E-state index contributed by atoms with van der Waals surface area (Å²) in [6, 6.07) is 4.73. The number of carbonyl (C=O) groups is 1. The van der Waals surface area contributed by atoms with E-state index in [4.69, 9.17) is 27.9 Å². The molecule has 1 fully saturated rings. The summed E-state index contributed by atoms with van der Waals surface area (Å²) < 4.78 is 5.44. The van der Waals surface area contributed by atoms with Crippen molar-refractivity contribution in [2.75, 3.05) is 26.3 Å². The first-order valence-corrected chi connectivity index (χ1v) is 9.97. The second-order valence-electron chi connectivity index (χ2n) is 6.85. The fourth-order valence-electron chi connectivity index (χ4n) is 3.50. The standard InChI is InChI=1S/C20H24Cl2N4O2/c1-12-17(13(2)25-14(3)24-12)11-23-20(27)19(26-6-8-28-9-7-26)16-5-4-15(21)10-18(16)22/h4-5,10,19H,6-9,11H2,1-3H3,(H,23,27)/t19-/m0/s1. The largest absolute Gasteiger partial charge is 0.379 e. The van der Waals surface area contributed by atoms with E-state index >= 15 is 0 Å². The van der Waals surface area contributed by atoms with Gasteiger partial charge < -0.3 is 10.1 Å². The van der Waals surface area contributed by atoms with E-state index in [2.05, 4.69) is 20.2 Å². The Morgan fingerprint density at radius 1 is 1.18 bits per heavy atom. The average molecular weight is 423 g/mol. The van der Waals surface area contributed by atoms with E-state index in [-0.39, 0.29) is 5.91 Å². The zero-order chi connectivity index (χ0) is 20.3. The number of nitrogens with one attached hydrogen (secondary N) is 1. The van der Waals surface area contributed by atoms with Gasteiger partial charge in [-0.3, -0.25) is 9.69 Å². The van der Waals surface area contributed by atoms with Crippen molar-refractivity contribution >= 4 is 29.1 Å². The lowest BCUT2D eigenvalue weighted by Crippen LogP contribution is -2.45. The van der Waals surface area contributed by atoms with Crippen molar-refractivity contribution in [3.05, 3.63) is 56.6 Å². The molecule has 0 unspecified atom stereocenters. The third-order valence-electron chi connectivity index (χ3n) is 4.89. The number of hydrogen-bond donors (Lipinski definition) is 1. The smallest absolute Gasteiger partial charge is 0.242 e. The minimum atomic E-state index is -0.513. The number of benzene rings is 1. The maximum Gasteiger partial charge on any atom is 0.242 e. The number of amides is 1. The second kappa shape index (κ2) is 9.18. The lowest BCUT2D eigenvalue weighted by molar-refractivity contribution is -0.128. The molecule has 3 rings (SSSR count). The van der Waals surface area contributed by atoms with Crippen LogP contribution in [0.15, 0.2) is 18.2 Å². The van der Waals surface area contributed by atoms with Gasteiger partial charge in [0, 0.05) is 46.6 Å². The third kappa shape index (κ3) is 4.81. The summed E-state index contributed by atoms with van der Waals surface area (Å²) >= 11 is 12.5. The zero-order valence-electron chi connectivity index (χ0n) is 16.3. The topological polar surface area (TPSA) is 67.4 Å². The number of ether oxygens (including phenoxy) is 1. The first-order valence-electron chi connectivity index (χ1n) is 9.22. The SMILES string of the molecule is Cc1nc(C)c(CNC(=O)[C@H](c2ccc(Cl)cc2Cl)N2CCOCC2)c(C)n1. The van der Waals surface area contributed by atoms with Gasteiger partial charge in [-0.15, -0.1) is 0 Å². The van der Waals surface area contributed by atoms with E-state index < -0.39 is 6.04 Å². The Morgan fingerprint density at radius 3 is 2.43 bits per heavy atom. The van der Waals surface area contributed by atoms with Gasteiger partial charge in [-0.05, 0) is 38.5 Å². The van der Waals surface area contributed by atoms with Gasteiger partial charge in [0.05, 0.1) is 13.2 Å². The Labute approximate surface area is 175 Å². The Balaban J connectivity index is 1.84. The van der Waals surface area contributed by atoms with Crippen molar-refractivity contribution in [2.45, 2.75) is 33.4 Å². The monoisotopic (exact) mass is 422 g/mol. The van der Waals surface area contributed by atoms with Crippen LogP contribution in [0.1, 0.15) is 34.4 Å². The summed E-state index contributed by atoms with van der Waals surface area (Å²) in [5, 5.41) is 4.06. The van der Waals surface area contributed by atoms with Crippen LogP contribution in [-0.2, 0) is 16.1 Å². The fourth-order valence-corrected chi connectivity index (χ4v) is 4.01. The van der Waals surface area contributed by atoms with Gasteiger partial charge in [0.2, 0.25) is 5.91 Å². The summed E-state index contributed by atoms with van der Waals surface area (Å²) in [4.78, 5) is 24.1. The summed E-state index contributed by atoms with van der Waals surface area (Å²) in [6.45, 7) is 8.56. The number of morpholine rings is 1. The zero-order valence-corrected chi connectivity index (χ0v) is 17.8. The molecule has 0 radical (unpaired) electrons. The highest BCUT2D eigenvalue weighted by Gasteiger charge is 2.30. The minimum Gasteiger partial charge on any atom is -0.379 e. The summed E-state index contributed by atoms with van der Waals surface area (Å²) in [7, 11) is 0. The molecule has 1 N–H and O–H groups in total. The molecule has 0 bridgehead atoms. The average Bonchev–Trinajstić information content (AvgIpc) is 2.64. The Bertz CT molecular complexity index is 846. The maximum absolute atomic E-state index is 13.2. The molecule has 1 saturated heterocycles. The molecular weight excluding hydrogens is 399 g/mol. The number of aromatic nitrogens is 2. The predicted molar refractivity (Wildman–Crippen MR) is 110 cm³/mol. The maximum atomic E-state index is 13.2. The summed E-state index contributed by atoms with van der Waals surface area (Å²) in [6.07, 6.45) is 0. The lowest BCUT2D eigenvalue weighted by atomic mass is 10.0.